The number of aliphatic carboxylic acids is 1. The van der Waals surface area contributed by atoms with Crippen LogP contribution in [0.2, 0.25) is 0 Å². The first kappa shape index (κ1) is 12.9. The minimum Gasteiger partial charge on any atom is -0.480 e. The number of carboxylic acid groups (broad SMARTS) is 1. The van der Waals surface area contributed by atoms with Crippen molar-refractivity contribution in [2.75, 3.05) is 0 Å². The highest BCUT2D eigenvalue weighted by Crippen LogP contribution is 2.62. The summed E-state index contributed by atoms with van der Waals surface area (Å²) in [6.07, 6.45) is 4.51. The molecule has 0 radical (unpaired) electrons. The van der Waals surface area contributed by atoms with E-state index in [2.05, 4.69) is 26.1 Å². The maximum atomic E-state index is 12.3. The minimum absolute atomic E-state index is 0.0806. The number of amides is 1. The Kier molecular flexibility index (Phi) is 2.40. The van der Waals surface area contributed by atoms with Gasteiger partial charge in [-0.25, -0.2) is 0 Å². The van der Waals surface area contributed by atoms with Crippen LogP contribution in [0.3, 0.4) is 0 Å². The first-order valence-electron chi connectivity index (χ1n) is 7.27. The van der Waals surface area contributed by atoms with Crippen LogP contribution in [0, 0.1) is 22.2 Å². The van der Waals surface area contributed by atoms with Crippen LogP contribution in [0.4, 0.5) is 0 Å². The fourth-order valence-corrected chi connectivity index (χ4v) is 4.59. The van der Waals surface area contributed by atoms with Crippen LogP contribution in [0.15, 0.2) is 0 Å². The number of carboxylic acids is 1. The van der Waals surface area contributed by atoms with Crippen LogP contribution >= 0.6 is 0 Å². The zero-order valence-electron chi connectivity index (χ0n) is 12.0. The maximum Gasteiger partial charge on any atom is 0.319 e. The summed E-state index contributed by atoms with van der Waals surface area (Å²) in [5.41, 5.74) is -0.885. The third-order valence-electron chi connectivity index (χ3n) is 6.14. The number of carbonyl (C=O) groups is 2. The van der Waals surface area contributed by atoms with Gasteiger partial charge in [0.1, 0.15) is 5.41 Å². The maximum absolute atomic E-state index is 12.3. The quantitative estimate of drug-likeness (QED) is 0.769. The smallest absolute Gasteiger partial charge is 0.319 e. The number of nitrogens with one attached hydrogen (secondary N) is 1. The summed E-state index contributed by atoms with van der Waals surface area (Å²) in [5.74, 6) is -0.564. The minimum atomic E-state index is -1.12. The molecular weight excluding hydrogens is 242 g/mol. The molecule has 0 aliphatic heterocycles. The molecule has 3 aliphatic carbocycles. The molecular formula is C15H23NO3. The predicted octanol–water partition coefficient (Wildman–Crippen LogP) is 2.18. The molecule has 1 amide bonds. The number of fused-ring (bicyclic) bond motifs is 2. The lowest BCUT2D eigenvalue weighted by Crippen LogP contribution is -2.54. The van der Waals surface area contributed by atoms with Crippen LogP contribution in [0.5, 0.6) is 0 Å². The van der Waals surface area contributed by atoms with Gasteiger partial charge < -0.3 is 10.4 Å². The van der Waals surface area contributed by atoms with Crippen molar-refractivity contribution < 1.29 is 14.7 Å². The van der Waals surface area contributed by atoms with Crippen molar-refractivity contribution in [3.63, 3.8) is 0 Å². The summed E-state index contributed by atoms with van der Waals surface area (Å²) in [6, 6.07) is 0.114. The predicted molar refractivity (Wildman–Crippen MR) is 70.5 cm³/mol. The Balaban J connectivity index is 1.80. The number of rotatable bonds is 3. The van der Waals surface area contributed by atoms with E-state index in [-0.39, 0.29) is 22.8 Å². The third kappa shape index (κ3) is 1.58. The fourth-order valence-electron chi connectivity index (χ4n) is 4.59. The zero-order valence-corrected chi connectivity index (χ0v) is 12.0. The number of hydrogen-bond acceptors (Lipinski definition) is 2. The van der Waals surface area contributed by atoms with Gasteiger partial charge in [0.05, 0.1) is 0 Å². The molecule has 0 heterocycles. The normalized spacial score (nSPS) is 41.0. The lowest BCUT2D eigenvalue weighted by Gasteiger charge is -2.43. The summed E-state index contributed by atoms with van der Waals surface area (Å²) >= 11 is 0. The van der Waals surface area contributed by atoms with Crippen LogP contribution in [-0.2, 0) is 9.59 Å². The number of carbonyl (C=O) groups excluding carboxylic acids is 1. The Morgan fingerprint density at radius 3 is 2.21 bits per heavy atom. The van der Waals surface area contributed by atoms with Gasteiger partial charge >= 0.3 is 5.97 Å². The van der Waals surface area contributed by atoms with Crippen LogP contribution < -0.4 is 5.32 Å². The van der Waals surface area contributed by atoms with Gasteiger partial charge in [-0.2, -0.15) is 0 Å². The first-order chi connectivity index (χ1) is 8.72. The highest BCUT2D eigenvalue weighted by molar-refractivity contribution is 6.05. The van der Waals surface area contributed by atoms with Crippen molar-refractivity contribution in [2.24, 2.45) is 22.2 Å². The average Bonchev–Trinajstić information content (AvgIpc) is 2.99. The summed E-state index contributed by atoms with van der Waals surface area (Å²) in [6.45, 7) is 6.67. The molecule has 4 heteroatoms. The summed E-state index contributed by atoms with van der Waals surface area (Å²) < 4.78 is 0. The molecule has 0 aromatic rings. The van der Waals surface area contributed by atoms with E-state index >= 15 is 0 Å². The lowest BCUT2D eigenvalue weighted by molar-refractivity contribution is -0.150. The molecule has 3 atom stereocenters. The lowest BCUT2D eigenvalue weighted by atomic mass is 9.68. The van der Waals surface area contributed by atoms with Gasteiger partial charge in [0.25, 0.3) is 0 Å². The second kappa shape index (κ2) is 3.53. The molecule has 3 unspecified atom stereocenters. The Bertz CT molecular complexity index is 448. The second-order valence-electron chi connectivity index (χ2n) is 7.71. The van der Waals surface area contributed by atoms with Gasteiger partial charge in [-0.1, -0.05) is 20.8 Å². The SMILES string of the molecule is CC12CCC(C1)C(C)(C)C2NC(=O)C1(C(=O)O)CC1. The third-order valence-corrected chi connectivity index (χ3v) is 6.14. The Hall–Kier alpha value is -1.06. The fraction of sp³-hybridized carbons (Fsp3) is 0.867. The molecule has 0 saturated heterocycles. The Morgan fingerprint density at radius 1 is 1.16 bits per heavy atom. The van der Waals surface area contributed by atoms with Crippen molar-refractivity contribution in [1.29, 1.82) is 0 Å². The van der Waals surface area contributed by atoms with Crippen molar-refractivity contribution in [2.45, 2.75) is 58.9 Å². The Labute approximate surface area is 113 Å². The molecule has 106 valence electrons. The highest BCUT2D eigenvalue weighted by Gasteiger charge is 2.63. The van der Waals surface area contributed by atoms with Crippen molar-refractivity contribution in [3.05, 3.63) is 0 Å². The van der Waals surface area contributed by atoms with E-state index in [0.717, 1.165) is 12.8 Å². The standard InChI is InChI=1S/C15H23NO3/c1-13(2)9-4-5-14(3,8-9)10(13)16-11(17)15(6-7-15)12(18)19/h9-10H,4-8H2,1-3H3,(H,16,17)(H,18,19). The molecule has 0 aromatic heterocycles. The average molecular weight is 265 g/mol. The van der Waals surface area contributed by atoms with Crippen LogP contribution in [0.25, 0.3) is 0 Å². The van der Waals surface area contributed by atoms with Gasteiger partial charge in [0, 0.05) is 6.04 Å². The van der Waals surface area contributed by atoms with Crippen molar-refractivity contribution in [3.8, 4) is 0 Å². The first-order valence-corrected chi connectivity index (χ1v) is 7.27. The van der Waals surface area contributed by atoms with Gasteiger partial charge in [-0.05, 0) is 48.9 Å². The van der Waals surface area contributed by atoms with E-state index in [1.165, 1.54) is 6.42 Å². The summed E-state index contributed by atoms with van der Waals surface area (Å²) in [5, 5.41) is 12.3. The van der Waals surface area contributed by atoms with E-state index in [4.69, 9.17) is 0 Å². The molecule has 2 bridgehead atoms. The van der Waals surface area contributed by atoms with E-state index < -0.39 is 11.4 Å². The Morgan fingerprint density at radius 2 is 1.79 bits per heavy atom. The second-order valence-corrected chi connectivity index (χ2v) is 7.71. The molecule has 3 aliphatic rings. The molecule has 0 aromatic carbocycles. The van der Waals surface area contributed by atoms with Gasteiger partial charge in [0.2, 0.25) is 5.91 Å². The molecule has 3 saturated carbocycles. The summed E-state index contributed by atoms with van der Waals surface area (Å²) in [7, 11) is 0. The topological polar surface area (TPSA) is 66.4 Å². The molecule has 0 spiro atoms. The molecule has 3 rings (SSSR count). The van der Waals surface area contributed by atoms with Gasteiger partial charge in [-0.15, -0.1) is 0 Å². The van der Waals surface area contributed by atoms with E-state index in [0.29, 0.717) is 18.8 Å². The van der Waals surface area contributed by atoms with Crippen LogP contribution in [0.1, 0.15) is 52.9 Å². The monoisotopic (exact) mass is 265 g/mol. The van der Waals surface area contributed by atoms with Gasteiger partial charge in [-0.3, -0.25) is 9.59 Å². The van der Waals surface area contributed by atoms with Crippen molar-refractivity contribution in [1.82, 2.24) is 5.32 Å². The molecule has 4 nitrogen and oxygen atoms in total. The van der Waals surface area contributed by atoms with E-state index in [1.54, 1.807) is 0 Å². The van der Waals surface area contributed by atoms with Gasteiger partial charge in [0.15, 0.2) is 0 Å². The highest BCUT2D eigenvalue weighted by atomic mass is 16.4. The number of hydrogen-bond donors (Lipinski definition) is 2. The van der Waals surface area contributed by atoms with E-state index in [9.17, 15) is 14.7 Å². The molecule has 2 N–H and O–H groups in total. The van der Waals surface area contributed by atoms with E-state index in [1.807, 2.05) is 0 Å². The summed E-state index contributed by atoms with van der Waals surface area (Å²) in [4.78, 5) is 23.6. The zero-order chi connectivity index (χ0) is 14.1. The molecule has 19 heavy (non-hydrogen) atoms. The molecule has 3 fully saturated rings. The van der Waals surface area contributed by atoms with Crippen molar-refractivity contribution >= 4 is 11.9 Å². The van der Waals surface area contributed by atoms with Crippen LogP contribution in [-0.4, -0.2) is 23.0 Å². The largest absolute Gasteiger partial charge is 0.480 e.